The van der Waals surface area contributed by atoms with Gasteiger partial charge in [-0.2, -0.15) is 0 Å². The largest absolute Gasteiger partial charge is 0.478 e. The first-order valence-electron chi connectivity index (χ1n) is 6.41. The van der Waals surface area contributed by atoms with Crippen molar-refractivity contribution in [2.45, 2.75) is 33.1 Å². The van der Waals surface area contributed by atoms with E-state index >= 15 is 0 Å². The Morgan fingerprint density at radius 3 is 2.42 bits per heavy atom. The Bertz CT molecular complexity index is 452. The van der Waals surface area contributed by atoms with Crippen LogP contribution >= 0.6 is 0 Å². The van der Waals surface area contributed by atoms with Crippen molar-refractivity contribution in [3.05, 3.63) is 23.4 Å². The normalized spacial score (nSPS) is 11.4. The molecule has 0 radical (unpaired) electrons. The number of hydrogen-bond donors (Lipinski definition) is 2. The van der Waals surface area contributed by atoms with Crippen molar-refractivity contribution in [2.24, 2.45) is 0 Å². The van der Waals surface area contributed by atoms with Crippen LogP contribution in [0.1, 0.15) is 43.7 Å². The number of pyridine rings is 1. The molecule has 0 aliphatic carbocycles. The quantitative estimate of drug-likeness (QED) is 0.851. The van der Waals surface area contributed by atoms with Crippen molar-refractivity contribution in [1.29, 1.82) is 0 Å². The molecule has 0 aromatic carbocycles. The highest BCUT2D eigenvalue weighted by molar-refractivity contribution is 5.88. The molecule has 0 saturated heterocycles. The number of hydrogen-bond acceptors (Lipinski definition) is 4. The topological polar surface area (TPSA) is 73.7 Å². The summed E-state index contributed by atoms with van der Waals surface area (Å²) in [5.41, 5.74) is 0.740. The zero-order valence-corrected chi connectivity index (χ0v) is 12.0. The highest BCUT2D eigenvalue weighted by Crippen LogP contribution is 2.24. The lowest BCUT2D eigenvalue weighted by atomic mass is 9.90. The third-order valence-corrected chi connectivity index (χ3v) is 2.90. The molecule has 2 N–H and O–H groups in total. The Labute approximate surface area is 113 Å². The van der Waals surface area contributed by atoms with Crippen molar-refractivity contribution in [2.75, 3.05) is 24.6 Å². The van der Waals surface area contributed by atoms with Crippen molar-refractivity contribution >= 4 is 11.8 Å². The monoisotopic (exact) mass is 266 g/mol. The average molecular weight is 266 g/mol. The minimum atomic E-state index is -0.964. The molecule has 1 aromatic rings. The third kappa shape index (κ3) is 3.92. The van der Waals surface area contributed by atoms with Gasteiger partial charge >= 0.3 is 5.97 Å². The maximum atomic E-state index is 11.2. The Balaban J connectivity index is 3.31. The first-order chi connectivity index (χ1) is 8.79. The van der Waals surface area contributed by atoms with E-state index in [4.69, 9.17) is 5.11 Å². The standard InChI is InChI=1S/C14H22N2O3/c1-5-16(6-7-17)12-9-10(13(18)19)8-11(15-12)14(2,3)4/h8-9,17H,5-7H2,1-4H3,(H,18,19). The van der Waals surface area contributed by atoms with E-state index in [1.165, 1.54) is 0 Å². The summed E-state index contributed by atoms with van der Waals surface area (Å²) in [6.45, 7) is 9.04. The lowest BCUT2D eigenvalue weighted by Gasteiger charge is -2.25. The van der Waals surface area contributed by atoms with Crippen LogP contribution in [0.4, 0.5) is 5.82 Å². The van der Waals surface area contributed by atoms with Gasteiger partial charge in [-0.05, 0) is 19.1 Å². The van der Waals surface area contributed by atoms with Gasteiger partial charge in [-0.25, -0.2) is 9.78 Å². The molecular weight excluding hydrogens is 244 g/mol. The van der Waals surface area contributed by atoms with Crippen LogP contribution in [0.2, 0.25) is 0 Å². The number of likely N-dealkylation sites (N-methyl/N-ethyl adjacent to an activating group) is 1. The number of aliphatic hydroxyl groups excluding tert-OH is 1. The first-order valence-corrected chi connectivity index (χ1v) is 6.41. The van der Waals surface area contributed by atoms with Crippen LogP contribution in [-0.4, -0.2) is 40.9 Å². The number of rotatable bonds is 5. The molecule has 1 rings (SSSR count). The summed E-state index contributed by atoms with van der Waals surface area (Å²) in [5, 5.41) is 18.2. The fraction of sp³-hybridized carbons (Fsp3) is 0.571. The Hall–Kier alpha value is -1.62. The number of carboxylic acid groups (broad SMARTS) is 1. The highest BCUT2D eigenvalue weighted by atomic mass is 16.4. The predicted molar refractivity (Wildman–Crippen MR) is 74.9 cm³/mol. The maximum absolute atomic E-state index is 11.2. The molecule has 0 saturated carbocycles. The fourth-order valence-corrected chi connectivity index (χ4v) is 1.74. The van der Waals surface area contributed by atoms with E-state index in [0.29, 0.717) is 18.9 Å². The van der Waals surface area contributed by atoms with E-state index in [2.05, 4.69) is 4.98 Å². The van der Waals surface area contributed by atoms with Gasteiger partial charge in [0.15, 0.2) is 0 Å². The number of aromatic carboxylic acids is 1. The number of anilines is 1. The zero-order chi connectivity index (χ0) is 14.6. The molecule has 0 fully saturated rings. The second kappa shape index (κ2) is 6.02. The van der Waals surface area contributed by atoms with Crippen LogP contribution in [0.5, 0.6) is 0 Å². The second-order valence-electron chi connectivity index (χ2n) is 5.46. The third-order valence-electron chi connectivity index (χ3n) is 2.90. The molecule has 5 nitrogen and oxygen atoms in total. The van der Waals surface area contributed by atoms with Crippen LogP contribution in [0, 0.1) is 0 Å². The molecule has 106 valence electrons. The Morgan fingerprint density at radius 1 is 1.37 bits per heavy atom. The number of carboxylic acids is 1. The minimum absolute atomic E-state index is 0.0116. The highest BCUT2D eigenvalue weighted by Gasteiger charge is 2.20. The van der Waals surface area contributed by atoms with E-state index in [1.807, 2.05) is 32.6 Å². The summed E-state index contributed by atoms with van der Waals surface area (Å²) in [4.78, 5) is 17.6. The van der Waals surface area contributed by atoms with Gasteiger partial charge < -0.3 is 15.1 Å². The van der Waals surface area contributed by atoms with Crippen LogP contribution < -0.4 is 4.90 Å². The number of aliphatic hydroxyl groups is 1. The lowest BCUT2D eigenvalue weighted by molar-refractivity contribution is 0.0696. The van der Waals surface area contributed by atoms with Crippen LogP contribution in [0.15, 0.2) is 12.1 Å². The molecule has 0 bridgehead atoms. The van der Waals surface area contributed by atoms with E-state index in [-0.39, 0.29) is 17.6 Å². The molecule has 5 heteroatoms. The molecule has 1 heterocycles. The first kappa shape index (κ1) is 15.4. The van der Waals surface area contributed by atoms with Gasteiger partial charge in [0.1, 0.15) is 5.82 Å². The summed E-state index contributed by atoms with van der Waals surface area (Å²) in [6.07, 6.45) is 0. The predicted octanol–water partition coefficient (Wildman–Crippen LogP) is 1.90. The molecule has 1 aromatic heterocycles. The molecule has 0 spiro atoms. The van der Waals surface area contributed by atoms with E-state index in [1.54, 1.807) is 12.1 Å². The van der Waals surface area contributed by atoms with Gasteiger partial charge in [-0.1, -0.05) is 20.8 Å². The molecule has 0 atom stereocenters. The average Bonchev–Trinajstić information content (AvgIpc) is 2.34. The maximum Gasteiger partial charge on any atom is 0.335 e. The molecule has 0 aliphatic rings. The van der Waals surface area contributed by atoms with Crippen molar-refractivity contribution < 1.29 is 15.0 Å². The van der Waals surface area contributed by atoms with E-state index in [9.17, 15) is 9.90 Å². The second-order valence-corrected chi connectivity index (χ2v) is 5.46. The van der Waals surface area contributed by atoms with Gasteiger partial charge in [-0.3, -0.25) is 0 Å². The van der Waals surface area contributed by atoms with Gasteiger partial charge in [0.25, 0.3) is 0 Å². The van der Waals surface area contributed by atoms with Gasteiger partial charge in [0.2, 0.25) is 0 Å². The van der Waals surface area contributed by atoms with E-state index < -0.39 is 5.97 Å². The summed E-state index contributed by atoms with van der Waals surface area (Å²) in [6, 6.07) is 3.16. The summed E-state index contributed by atoms with van der Waals surface area (Å²) in [5.74, 6) is -0.365. The molecule has 0 aliphatic heterocycles. The summed E-state index contributed by atoms with van der Waals surface area (Å²) in [7, 11) is 0. The van der Waals surface area contributed by atoms with Crippen molar-refractivity contribution in [1.82, 2.24) is 4.98 Å². The summed E-state index contributed by atoms with van der Waals surface area (Å²) < 4.78 is 0. The number of carbonyl (C=O) groups is 1. The number of aromatic nitrogens is 1. The van der Waals surface area contributed by atoms with Crippen molar-refractivity contribution in [3.8, 4) is 0 Å². The van der Waals surface area contributed by atoms with Gasteiger partial charge in [0.05, 0.1) is 12.2 Å². The number of nitrogens with zero attached hydrogens (tertiary/aromatic N) is 2. The smallest absolute Gasteiger partial charge is 0.335 e. The van der Waals surface area contributed by atoms with Gasteiger partial charge in [0, 0.05) is 24.2 Å². The van der Waals surface area contributed by atoms with Crippen LogP contribution in [0.25, 0.3) is 0 Å². The van der Waals surface area contributed by atoms with Crippen molar-refractivity contribution in [3.63, 3.8) is 0 Å². The molecule has 0 amide bonds. The SMILES string of the molecule is CCN(CCO)c1cc(C(=O)O)cc(C(C)(C)C)n1. The van der Waals surface area contributed by atoms with E-state index in [0.717, 1.165) is 5.69 Å². The fourth-order valence-electron chi connectivity index (χ4n) is 1.74. The molecule has 0 unspecified atom stereocenters. The summed E-state index contributed by atoms with van der Waals surface area (Å²) >= 11 is 0. The van der Waals surface area contributed by atoms with Crippen LogP contribution in [0.3, 0.4) is 0 Å². The Morgan fingerprint density at radius 2 is 2.00 bits per heavy atom. The van der Waals surface area contributed by atoms with Crippen LogP contribution in [-0.2, 0) is 5.41 Å². The van der Waals surface area contributed by atoms with Gasteiger partial charge in [-0.15, -0.1) is 0 Å². The Kier molecular flexibility index (Phi) is 4.89. The minimum Gasteiger partial charge on any atom is -0.478 e. The molecule has 19 heavy (non-hydrogen) atoms. The lowest BCUT2D eigenvalue weighted by Crippen LogP contribution is -2.28. The zero-order valence-electron chi connectivity index (χ0n) is 12.0. The molecular formula is C14H22N2O3.